The maximum atomic E-state index is 12.4. The number of fused-ring (bicyclic) bond motifs is 1. The Morgan fingerprint density at radius 2 is 1.96 bits per heavy atom. The van der Waals surface area contributed by atoms with Crippen molar-refractivity contribution in [2.45, 2.75) is 13.5 Å². The minimum atomic E-state index is -0.241. The zero-order chi connectivity index (χ0) is 18.6. The van der Waals surface area contributed by atoms with E-state index in [1.54, 1.807) is 18.5 Å². The number of para-hydroxylation sites is 2. The third-order valence-electron chi connectivity index (χ3n) is 4.18. The summed E-state index contributed by atoms with van der Waals surface area (Å²) < 4.78 is 7.30. The lowest BCUT2D eigenvalue weighted by atomic mass is 10.2. The fourth-order valence-corrected chi connectivity index (χ4v) is 2.84. The van der Waals surface area contributed by atoms with Gasteiger partial charge < -0.3 is 8.98 Å². The van der Waals surface area contributed by atoms with E-state index in [4.69, 9.17) is 4.42 Å². The largest absolute Gasteiger partial charge is 0.461 e. The average molecular weight is 358 g/mol. The van der Waals surface area contributed by atoms with Crippen molar-refractivity contribution in [3.05, 3.63) is 78.1 Å². The summed E-state index contributed by atoms with van der Waals surface area (Å²) >= 11 is 0. The molecule has 27 heavy (non-hydrogen) atoms. The third-order valence-corrected chi connectivity index (χ3v) is 4.18. The van der Waals surface area contributed by atoms with Crippen molar-refractivity contribution in [2.75, 3.05) is 0 Å². The molecule has 0 aliphatic heterocycles. The van der Waals surface area contributed by atoms with Crippen LogP contribution in [-0.4, -0.2) is 21.7 Å². The number of imidazole rings is 1. The predicted molar refractivity (Wildman–Crippen MR) is 104 cm³/mol. The monoisotopic (exact) mass is 358 g/mol. The highest BCUT2D eigenvalue weighted by Crippen LogP contribution is 2.24. The molecule has 0 fully saturated rings. The fourth-order valence-electron chi connectivity index (χ4n) is 2.84. The van der Waals surface area contributed by atoms with E-state index in [1.165, 1.54) is 5.56 Å². The van der Waals surface area contributed by atoms with E-state index in [2.05, 4.69) is 15.5 Å². The van der Waals surface area contributed by atoms with Crippen LogP contribution in [0.5, 0.6) is 0 Å². The van der Waals surface area contributed by atoms with Gasteiger partial charge in [-0.2, -0.15) is 5.10 Å². The van der Waals surface area contributed by atoms with Gasteiger partial charge in [0.05, 0.1) is 23.5 Å². The molecule has 1 N–H and O–H groups in total. The highest BCUT2D eigenvalue weighted by atomic mass is 16.3. The number of benzene rings is 2. The molecule has 0 saturated heterocycles. The number of nitrogens with zero attached hydrogens (tertiary/aromatic N) is 3. The first-order chi connectivity index (χ1) is 13.2. The minimum absolute atomic E-state index is 0.0851. The van der Waals surface area contributed by atoms with E-state index in [1.807, 2.05) is 66.1 Å². The molecule has 4 aromatic rings. The van der Waals surface area contributed by atoms with E-state index in [0.717, 1.165) is 16.6 Å². The molecule has 0 atom stereocenters. The van der Waals surface area contributed by atoms with Crippen molar-refractivity contribution in [1.82, 2.24) is 15.0 Å². The summed E-state index contributed by atoms with van der Waals surface area (Å²) in [5.74, 6) is 0.982. The molecule has 0 saturated carbocycles. The van der Waals surface area contributed by atoms with Gasteiger partial charge in [0, 0.05) is 0 Å². The van der Waals surface area contributed by atoms with Gasteiger partial charge in [0.2, 0.25) is 0 Å². The summed E-state index contributed by atoms with van der Waals surface area (Å²) in [6, 6.07) is 19.2. The molecule has 0 aliphatic rings. The Hall–Kier alpha value is -3.67. The zero-order valence-electron chi connectivity index (χ0n) is 14.8. The molecule has 0 aliphatic carbocycles. The van der Waals surface area contributed by atoms with Gasteiger partial charge in [-0.05, 0) is 36.8 Å². The van der Waals surface area contributed by atoms with Crippen LogP contribution in [-0.2, 0) is 11.3 Å². The van der Waals surface area contributed by atoms with E-state index < -0.39 is 0 Å². The van der Waals surface area contributed by atoms with Crippen LogP contribution in [0.1, 0.15) is 11.1 Å². The molecule has 1 amide bonds. The number of aromatic nitrogens is 2. The maximum Gasteiger partial charge on any atom is 0.260 e. The van der Waals surface area contributed by atoms with Crippen LogP contribution in [0.2, 0.25) is 0 Å². The Morgan fingerprint density at radius 3 is 2.74 bits per heavy atom. The standard InChI is InChI=1S/C21H18N4O2/c1-15-8-10-16(11-9-15)13-22-24-20(26)14-25-18-6-3-2-5-17(18)23-21(25)19-7-4-12-27-19/h2-13H,14H2,1H3,(H,24,26)/b22-13+. The Kier molecular flexibility index (Phi) is 4.53. The molecule has 0 radical (unpaired) electrons. The second-order valence-electron chi connectivity index (χ2n) is 6.19. The van der Waals surface area contributed by atoms with E-state index in [9.17, 15) is 4.79 Å². The van der Waals surface area contributed by atoms with Gasteiger partial charge in [-0.15, -0.1) is 0 Å². The summed E-state index contributed by atoms with van der Waals surface area (Å²) in [5.41, 5.74) is 6.34. The SMILES string of the molecule is Cc1ccc(/C=N/NC(=O)Cn2c(-c3ccco3)nc3ccccc32)cc1. The summed E-state index contributed by atoms with van der Waals surface area (Å²) in [6.07, 6.45) is 3.21. The molecule has 0 bridgehead atoms. The van der Waals surface area contributed by atoms with Gasteiger partial charge in [0.1, 0.15) is 6.54 Å². The topological polar surface area (TPSA) is 72.4 Å². The zero-order valence-corrected chi connectivity index (χ0v) is 14.8. The highest BCUT2D eigenvalue weighted by Gasteiger charge is 2.16. The van der Waals surface area contributed by atoms with Crippen LogP contribution in [0.15, 0.2) is 76.4 Å². The number of carbonyl (C=O) groups is 1. The number of amides is 1. The number of rotatable bonds is 5. The second-order valence-corrected chi connectivity index (χ2v) is 6.19. The Morgan fingerprint density at radius 1 is 1.15 bits per heavy atom. The van der Waals surface area contributed by atoms with Crippen molar-refractivity contribution in [3.63, 3.8) is 0 Å². The van der Waals surface area contributed by atoms with Crippen molar-refractivity contribution in [3.8, 4) is 11.6 Å². The smallest absolute Gasteiger partial charge is 0.260 e. The molecule has 4 rings (SSSR count). The van der Waals surface area contributed by atoms with Crippen LogP contribution in [0.25, 0.3) is 22.6 Å². The number of hydrogen-bond acceptors (Lipinski definition) is 4. The number of furan rings is 1. The Labute approximate surface area is 156 Å². The molecular weight excluding hydrogens is 340 g/mol. The van der Waals surface area contributed by atoms with Crippen LogP contribution in [0.4, 0.5) is 0 Å². The number of nitrogens with one attached hydrogen (secondary N) is 1. The number of hydrazone groups is 1. The molecule has 2 heterocycles. The molecule has 6 heteroatoms. The lowest BCUT2D eigenvalue weighted by molar-refractivity contribution is -0.121. The van der Waals surface area contributed by atoms with Gasteiger partial charge >= 0.3 is 0 Å². The number of carbonyl (C=O) groups excluding carboxylic acids is 1. The van der Waals surface area contributed by atoms with Crippen molar-refractivity contribution < 1.29 is 9.21 Å². The molecular formula is C21H18N4O2. The summed E-state index contributed by atoms with van der Waals surface area (Å²) in [4.78, 5) is 17.0. The van der Waals surface area contributed by atoms with Crippen molar-refractivity contribution in [2.24, 2.45) is 5.10 Å². The first-order valence-corrected chi connectivity index (χ1v) is 8.58. The van der Waals surface area contributed by atoms with Gasteiger partial charge in [-0.1, -0.05) is 42.0 Å². The Balaban J connectivity index is 1.55. The second kappa shape index (κ2) is 7.29. The summed E-state index contributed by atoms with van der Waals surface area (Å²) in [5, 5.41) is 4.04. The first-order valence-electron chi connectivity index (χ1n) is 8.58. The van der Waals surface area contributed by atoms with Crippen molar-refractivity contribution in [1.29, 1.82) is 0 Å². The quantitative estimate of drug-likeness (QED) is 0.436. The minimum Gasteiger partial charge on any atom is -0.461 e. The van der Waals surface area contributed by atoms with Gasteiger partial charge in [0.15, 0.2) is 11.6 Å². The molecule has 2 aromatic heterocycles. The number of hydrogen-bond donors (Lipinski definition) is 1. The highest BCUT2D eigenvalue weighted by molar-refractivity contribution is 5.85. The van der Waals surface area contributed by atoms with E-state index in [-0.39, 0.29) is 12.5 Å². The third kappa shape index (κ3) is 3.64. The van der Waals surface area contributed by atoms with Crippen LogP contribution in [0, 0.1) is 6.92 Å². The lowest BCUT2D eigenvalue weighted by Crippen LogP contribution is -2.23. The predicted octanol–water partition coefficient (Wildman–Crippen LogP) is 3.76. The number of aryl methyl sites for hydroxylation is 1. The van der Waals surface area contributed by atoms with Crippen LogP contribution >= 0.6 is 0 Å². The molecule has 2 aromatic carbocycles. The van der Waals surface area contributed by atoms with Crippen LogP contribution in [0.3, 0.4) is 0 Å². The molecule has 134 valence electrons. The van der Waals surface area contributed by atoms with Gasteiger partial charge in [-0.25, -0.2) is 10.4 Å². The molecule has 6 nitrogen and oxygen atoms in total. The average Bonchev–Trinajstić information content (AvgIpc) is 3.32. The summed E-state index contributed by atoms with van der Waals surface area (Å²) in [6.45, 7) is 2.11. The normalized spacial score (nSPS) is 11.3. The maximum absolute atomic E-state index is 12.4. The fraction of sp³-hybridized carbons (Fsp3) is 0.0952. The Bertz CT molecular complexity index is 1090. The molecule has 0 unspecified atom stereocenters. The van der Waals surface area contributed by atoms with Crippen molar-refractivity contribution >= 4 is 23.2 Å². The first kappa shape index (κ1) is 16.8. The van der Waals surface area contributed by atoms with Gasteiger partial charge in [-0.3, -0.25) is 4.79 Å². The van der Waals surface area contributed by atoms with E-state index in [0.29, 0.717) is 11.6 Å². The van der Waals surface area contributed by atoms with Gasteiger partial charge in [0.25, 0.3) is 5.91 Å². The summed E-state index contributed by atoms with van der Waals surface area (Å²) in [7, 11) is 0. The van der Waals surface area contributed by atoms with E-state index >= 15 is 0 Å². The molecule has 0 spiro atoms. The lowest BCUT2D eigenvalue weighted by Gasteiger charge is -2.06. The van der Waals surface area contributed by atoms with Crippen LogP contribution < -0.4 is 5.43 Å².